The Kier molecular flexibility index (Phi) is 4.62. The molecule has 2 aromatic carbocycles. The smallest absolute Gasteiger partial charge is 0.255 e. The molecule has 0 saturated heterocycles. The lowest BCUT2D eigenvalue weighted by Gasteiger charge is -2.36. The van der Waals surface area contributed by atoms with Crippen molar-refractivity contribution in [3.05, 3.63) is 65.7 Å². The second-order valence-electron chi connectivity index (χ2n) is 6.16. The summed E-state index contributed by atoms with van der Waals surface area (Å²) in [6.07, 6.45) is 2.47. The van der Waals surface area contributed by atoms with Crippen molar-refractivity contribution in [3.63, 3.8) is 0 Å². The van der Waals surface area contributed by atoms with Gasteiger partial charge in [-0.1, -0.05) is 18.2 Å². The molecule has 0 unspecified atom stereocenters. The standard InChI is InChI=1S/C19H20N2O3/c22-17(20-13-19(24)11-4-12-19)15-7-9-16(10-8-15)21-18(23)14-5-2-1-3-6-14/h1-3,5-10,24H,4,11-13H2,(H,20,22)(H,21,23). The summed E-state index contributed by atoms with van der Waals surface area (Å²) in [5.74, 6) is -0.420. The Hall–Kier alpha value is -2.66. The molecule has 0 atom stereocenters. The van der Waals surface area contributed by atoms with Crippen LogP contribution in [0.1, 0.15) is 40.0 Å². The first-order chi connectivity index (χ1) is 11.6. The van der Waals surface area contributed by atoms with E-state index < -0.39 is 5.60 Å². The summed E-state index contributed by atoms with van der Waals surface area (Å²) >= 11 is 0. The quantitative estimate of drug-likeness (QED) is 0.791. The average Bonchev–Trinajstić information content (AvgIpc) is 2.59. The van der Waals surface area contributed by atoms with Crippen molar-refractivity contribution in [1.82, 2.24) is 5.32 Å². The van der Waals surface area contributed by atoms with Gasteiger partial charge < -0.3 is 15.7 Å². The molecule has 5 nitrogen and oxygen atoms in total. The van der Waals surface area contributed by atoms with Crippen molar-refractivity contribution in [2.24, 2.45) is 0 Å². The van der Waals surface area contributed by atoms with E-state index in [1.165, 1.54) is 0 Å². The predicted molar refractivity (Wildman–Crippen MR) is 92.0 cm³/mol. The first kappa shape index (κ1) is 16.2. The number of benzene rings is 2. The molecule has 5 heteroatoms. The van der Waals surface area contributed by atoms with E-state index in [4.69, 9.17) is 0 Å². The zero-order valence-electron chi connectivity index (χ0n) is 13.3. The molecule has 0 heterocycles. The predicted octanol–water partition coefficient (Wildman–Crippen LogP) is 2.58. The summed E-state index contributed by atoms with van der Waals surface area (Å²) in [5, 5.41) is 15.5. The van der Waals surface area contributed by atoms with Crippen LogP contribution in [-0.2, 0) is 0 Å². The number of hydrogen-bond acceptors (Lipinski definition) is 3. The van der Waals surface area contributed by atoms with Crippen LogP contribution in [0.4, 0.5) is 5.69 Å². The molecule has 2 amide bonds. The van der Waals surface area contributed by atoms with E-state index in [1.54, 1.807) is 48.5 Å². The summed E-state index contributed by atoms with van der Waals surface area (Å²) in [6, 6.07) is 15.6. The Balaban J connectivity index is 1.56. The summed E-state index contributed by atoms with van der Waals surface area (Å²) in [5.41, 5.74) is 0.959. The lowest BCUT2D eigenvalue weighted by atomic mass is 9.80. The molecule has 2 aromatic rings. The molecule has 1 aliphatic carbocycles. The van der Waals surface area contributed by atoms with Crippen LogP contribution in [0.15, 0.2) is 54.6 Å². The van der Waals surface area contributed by atoms with Crippen molar-refractivity contribution in [2.75, 3.05) is 11.9 Å². The number of carbonyl (C=O) groups excluding carboxylic acids is 2. The van der Waals surface area contributed by atoms with E-state index in [0.717, 1.165) is 19.3 Å². The maximum absolute atomic E-state index is 12.1. The third-order valence-corrected chi connectivity index (χ3v) is 4.30. The van der Waals surface area contributed by atoms with Crippen LogP contribution >= 0.6 is 0 Å². The van der Waals surface area contributed by atoms with Gasteiger partial charge in [0, 0.05) is 23.4 Å². The van der Waals surface area contributed by atoms with Gasteiger partial charge in [-0.05, 0) is 55.7 Å². The number of aliphatic hydroxyl groups is 1. The fourth-order valence-corrected chi connectivity index (χ4v) is 2.61. The zero-order valence-corrected chi connectivity index (χ0v) is 13.3. The number of amides is 2. The SMILES string of the molecule is O=C(NCC1(O)CCC1)c1ccc(NC(=O)c2ccccc2)cc1. The number of rotatable bonds is 5. The highest BCUT2D eigenvalue weighted by molar-refractivity contribution is 6.04. The normalized spacial score (nSPS) is 15.2. The first-order valence-corrected chi connectivity index (χ1v) is 8.03. The molecule has 0 aliphatic heterocycles. The maximum Gasteiger partial charge on any atom is 0.255 e. The minimum absolute atomic E-state index is 0.194. The Morgan fingerprint density at radius 3 is 2.12 bits per heavy atom. The molecule has 1 aliphatic rings. The summed E-state index contributed by atoms with van der Waals surface area (Å²) in [4.78, 5) is 24.1. The fraction of sp³-hybridized carbons (Fsp3) is 0.263. The van der Waals surface area contributed by atoms with Crippen molar-refractivity contribution in [1.29, 1.82) is 0 Å². The van der Waals surface area contributed by atoms with E-state index in [9.17, 15) is 14.7 Å². The minimum atomic E-state index is -0.737. The number of anilines is 1. The van der Waals surface area contributed by atoms with Crippen molar-refractivity contribution in [2.45, 2.75) is 24.9 Å². The van der Waals surface area contributed by atoms with Crippen molar-refractivity contribution < 1.29 is 14.7 Å². The molecule has 3 rings (SSSR count). The van der Waals surface area contributed by atoms with E-state index in [-0.39, 0.29) is 18.4 Å². The summed E-state index contributed by atoms with van der Waals surface area (Å²) in [6.45, 7) is 0.276. The van der Waals surface area contributed by atoms with Gasteiger partial charge >= 0.3 is 0 Å². The molecule has 0 aromatic heterocycles. The molecular weight excluding hydrogens is 304 g/mol. The van der Waals surface area contributed by atoms with Crippen LogP contribution in [0.25, 0.3) is 0 Å². The summed E-state index contributed by atoms with van der Waals surface area (Å²) < 4.78 is 0. The highest BCUT2D eigenvalue weighted by Gasteiger charge is 2.34. The van der Waals surface area contributed by atoms with E-state index in [1.807, 2.05) is 6.07 Å². The molecule has 24 heavy (non-hydrogen) atoms. The Morgan fingerprint density at radius 1 is 0.917 bits per heavy atom. The van der Waals surface area contributed by atoms with Crippen LogP contribution in [0.5, 0.6) is 0 Å². The van der Waals surface area contributed by atoms with Crippen LogP contribution in [-0.4, -0.2) is 29.1 Å². The van der Waals surface area contributed by atoms with Gasteiger partial charge in [0.2, 0.25) is 0 Å². The molecule has 1 saturated carbocycles. The third kappa shape index (κ3) is 3.81. The molecule has 0 radical (unpaired) electrons. The van der Waals surface area contributed by atoms with Gasteiger partial charge in [0.25, 0.3) is 11.8 Å². The van der Waals surface area contributed by atoms with Gasteiger partial charge in [0.1, 0.15) is 0 Å². The van der Waals surface area contributed by atoms with Crippen molar-refractivity contribution >= 4 is 17.5 Å². The number of carbonyl (C=O) groups is 2. The molecular formula is C19H20N2O3. The lowest BCUT2D eigenvalue weighted by Crippen LogP contribution is -2.47. The molecule has 1 fully saturated rings. The second kappa shape index (κ2) is 6.84. The topological polar surface area (TPSA) is 78.4 Å². The molecule has 3 N–H and O–H groups in total. The lowest BCUT2D eigenvalue weighted by molar-refractivity contribution is -0.0300. The highest BCUT2D eigenvalue weighted by atomic mass is 16.3. The summed E-state index contributed by atoms with van der Waals surface area (Å²) in [7, 11) is 0. The van der Waals surface area contributed by atoms with Gasteiger partial charge in [-0.3, -0.25) is 9.59 Å². The van der Waals surface area contributed by atoms with E-state index >= 15 is 0 Å². The molecule has 0 spiro atoms. The van der Waals surface area contributed by atoms with Crippen LogP contribution in [0, 0.1) is 0 Å². The van der Waals surface area contributed by atoms with Gasteiger partial charge in [-0.2, -0.15) is 0 Å². The fourth-order valence-electron chi connectivity index (χ4n) is 2.61. The zero-order chi connectivity index (χ0) is 17.0. The third-order valence-electron chi connectivity index (χ3n) is 4.30. The van der Waals surface area contributed by atoms with Gasteiger partial charge in [0.15, 0.2) is 0 Å². The Bertz CT molecular complexity index is 722. The Labute approximate surface area is 140 Å². The monoisotopic (exact) mass is 324 g/mol. The molecule has 124 valence electrons. The van der Waals surface area contributed by atoms with E-state index in [0.29, 0.717) is 16.8 Å². The minimum Gasteiger partial charge on any atom is -0.388 e. The van der Waals surface area contributed by atoms with Gasteiger partial charge in [-0.15, -0.1) is 0 Å². The van der Waals surface area contributed by atoms with Crippen LogP contribution in [0.3, 0.4) is 0 Å². The highest BCUT2D eigenvalue weighted by Crippen LogP contribution is 2.30. The van der Waals surface area contributed by atoms with Crippen molar-refractivity contribution in [3.8, 4) is 0 Å². The number of hydrogen-bond donors (Lipinski definition) is 3. The number of nitrogens with one attached hydrogen (secondary N) is 2. The van der Waals surface area contributed by atoms with Crippen LogP contribution in [0.2, 0.25) is 0 Å². The Morgan fingerprint density at radius 2 is 1.54 bits per heavy atom. The van der Waals surface area contributed by atoms with Gasteiger partial charge in [0.05, 0.1) is 5.60 Å². The van der Waals surface area contributed by atoms with Gasteiger partial charge in [-0.25, -0.2) is 0 Å². The first-order valence-electron chi connectivity index (χ1n) is 8.03. The molecule has 0 bridgehead atoms. The van der Waals surface area contributed by atoms with E-state index in [2.05, 4.69) is 10.6 Å². The average molecular weight is 324 g/mol. The largest absolute Gasteiger partial charge is 0.388 e. The van der Waals surface area contributed by atoms with Crippen LogP contribution < -0.4 is 10.6 Å². The second-order valence-corrected chi connectivity index (χ2v) is 6.16. The maximum atomic E-state index is 12.1.